The average Bonchev–Trinajstić information content (AvgIpc) is 1.96. The molecule has 0 aliphatic carbocycles. The minimum atomic E-state index is -2.55. The molecule has 0 aromatic heterocycles. The van der Waals surface area contributed by atoms with Crippen molar-refractivity contribution in [2.24, 2.45) is 0 Å². The second kappa shape index (κ2) is 8.42. The lowest BCUT2D eigenvalue weighted by Gasteiger charge is -2.18. The van der Waals surface area contributed by atoms with E-state index in [2.05, 4.69) is 0 Å². The lowest BCUT2D eigenvalue weighted by Crippen LogP contribution is -2.21. The average molecular weight is 452 g/mol. The first-order chi connectivity index (χ1) is 7.41. The van der Waals surface area contributed by atoms with Crippen LogP contribution in [0.5, 0.6) is 0 Å². The Hall–Kier alpha value is 2.97. The molecule has 0 amide bonds. The second-order valence-corrected chi connectivity index (χ2v) is 30.0. The molecule has 0 saturated heterocycles. The summed E-state index contributed by atoms with van der Waals surface area (Å²) in [5, 5.41) is 0. The van der Waals surface area contributed by atoms with E-state index in [0.717, 1.165) is 24.9 Å². The largest absolute Gasteiger partial charge is 0.341 e. The maximum Gasteiger partial charge on any atom is 0.341 e. The normalized spacial score (nSPS) is 14.1. The molecule has 0 aromatic rings. The highest BCUT2D eigenvalue weighted by Crippen LogP contribution is 2.36. The quantitative estimate of drug-likeness (QED) is 0.275. The van der Waals surface area contributed by atoms with Gasteiger partial charge in [0.05, 0.1) is 0 Å². The Kier molecular flexibility index (Phi) is 9.89. The van der Waals surface area contributed by atoms with Crippen LogP contribution in [0.1, 0.15) is 12.8 Å². The highest BCUT2D eigenvalue weighted by Gasteiger charge is 2.32. The smallest absolute Gasteiger partial charge is 0.146 e. The highest BCUT2D eigenvalue weighted by atomic mass is 35.8. The zero-order chi connectivity index (χ0) is 13.7. The first-order valence-corrected chi connectivity index (χ1v) is 19.8. The van der Waals surface area contributed by atoms with Gasteiger partial charge in [0.15, 0.2) is 0 Å². The molecule has 0 nitrogen and oxygen atoms in total. The van der Waals surface area contributed by atoms with E-state index in [4.69, 9.17) is 88.6 Å². The summed E-state index contributed by atoms with van der Waals surface area (Å²) >= 11 is 47.2. The van der Waals surface area contributed by atoms with Crippen molar-refractivity contribution in [1.82, 2.24) is 0 Å². The van der Waals surface area contributed by atoms with Crippen molar-refractivity contribution in [2.45, 2.75) is 37.0 Å². The molecular formula is C6H12Cl8Si3. The summed E-state index contributed by atoms with van der Waals surface area (Å²) in [5.74, 6) is 0. The van der Waals surface area contributed by atoms with Crippen LogP contribution in [0.2, 0.25) is 24.2 Å². The molecule has 0 saturated carbocycles. The molecule has 0 radical (unpaired) electrons. The predicted molar refractivity (Wildman–Crippen MR) is 92.5 cm³/mol. The van der Waals surface area contributed by atoms with E-state index in [1.165, 1.54) is 0 Å². The van der Waals surface area contributed by atoms with Crippen molar-refractivity contribution in [2.75, 3.05) is 0 Å². The number of hydrogen-bond donors (Lipinski definition) is 0. The Labute approximate surface area is 143 Å². The van der Waals surface area contributed by atoms with Crippen molar-refractivity contribution < 1.29 is 0 Å². The van der Waals surface area contributed by atoms with Crippen LogP contribution >= 0.6 is 88.6 Å². The summed E-state index contributed by atoms with van der Waals surface area (Å²) in [7, 11) is 0. The maximum atomic E-state index is 6.27. The number of halogens is 8. The molecule has 0 aliphatic rings. The molecule has 0 rings (SSSR count). The van der Waals surface area contributed by atoms with Crippen molar-refractivity contribution in [3.8, 4) is 0 Å². The molecule has 11 heteroatoms. The standard InChI is InChI=1S/C6H12Cl8Si3/c7-15(8,3-1-5-16(9,10)11)4-2-6-17(12,13)14/h1-6H2. The fraction of sp³-hybridized carbons (Fsp3) is 1.00. The monoisotopic (exact) mass is 448 g/mol. The molecular weight excluding hydrogens is 440 g/mol. The third kappa shape index (κ3) is 15.2. The molecule has 0 aliphatic heterocycles. The summed E-state index contributed by atoms with van der Waals surface area (Å²) in [6, 6.07) is -2.49. The van der Waals surface area contributed by atoms with Gasteiger partial charge in [-0.1, -0.05) is 12.8 Å². The van der Waals surface area contributed by atoms with Crippen LogP contribution in [-0.2, 0) is 0 Å². The van der Waals surface area contributed by atoms with Gasteiger partial charge in [-0.25, -0.2) is 0 Å². The van der Waals surface area contributed by atoms with E-state index in [1.54, 1.807) is 0 Å². The van der Waals surface area contributed by atoms with Gasteiger partial charge in [0.25, 0.3) is 6.69 Å². The van der Waals surface area contributed by atoms with Crippen LogP contribution in [0, 0.1) is 0 Å². The minimum absolute atomic E-state index is 0.588. The van der Waals surface area contributed by atoms with Crippen molar-refractivity contribution in [1.29, 1.82) is 0 Å². The number of hydrogen-bond acceptors (Lipinski definition) is 0. The summed E-state index contributed by atoms with van der Waals surface area (Å²) < 4.78 is 0. The van der Waals surface area contributed by atoms with Crippen LogP contribution < -0.4 is 0 Å². The van der Waals surface area contributed by atoms with Crippen LogP contribution in [-0.4, -0.2) is 18.7 Å². The minimum Gasteiger partial charge on any atom is -0.146 e. The van der Waals surface area contributed by atoms with Gasteiger partial charge < -0.3 is 0 Å². The predicted octanol–water partition coefficient (Wildman–Crippen LogP) is 7.00. The Balaban J connectivity index is 3.81. The van der Waals surface area contributed by atoms with Gasteiger partial charge in [0.2, 0.25) is 0 Å². The highest BCUT2D eigenvalue weighted by molar-refractivity contribution is 7.65. The van der Waals surface area contributed by atoms with E-state index in [0.29, 0.717) is 12.1 Å². The molecule has 0 aromatic carbocycles. The van der Waals surface area contributed by atoms with Gasteiger partial charge in [0.1, 0.15) is 0 Å². The van der Waals surface area contributed by atoms with E-state index in [-0.39, 0.29) is 0 Å². The van der Waals surface area contributed by atoms with Crippen LogP contribution in [0.3, 0.4) is 0 Å². The molecule has 0 spiro atoms. The van der Waals surface area contributed by atoms with Gasteiger partial charge in [-0.3, -0.25) is 0 Å². The Morgan fingerprint density at radius 2 is 0.765 bits per heavy atom. The lowest BCUT2D eigenvalue weighted by molar-refractivity contribution is 1.00. The second-order valence-electron chi connectivity index (χ2n) is 3.79. The molecule has 0 bridgehead atoms. The van der Waals surface area contributed by atoms with E-state index >= 15 is 0 Å². The molecule has 0 heterocycles. The van der Waals surface area contributed by atoms with Crippen LogP contribution in [0.15, 0.2) is 0 Å². The van der Waals surface area contributed by atoms with Crippen molar-refractivity contribution in [3.05, 3.63) is 0 Å². The Bertz CT molecular complexity index is 200. The molecule has 17 heavy (non-hydrogen) atoms. The van der Waals surface area contributed by atoms with Gasteiger partial charge in [-0.15, -0.1) is 88.6 Å². The van der Waals surface area contributed by atoms with E-state index < -0.39 is 18.7 Å². The summed E-state index contributed by atoms with van der Waals surface area (Å²) in [6.45, 7) is -2.27. The van der Waals surface area contributed by atoms with Gasteiger partial charge in [-0.05, 0) is 24.2 Å². The van der Waals surface area contributed by atoms with Crippen LogP contribution in [0.4, 0.5) is 0 Å². The molecule has 104 valence electrons. The van der Waals surface area contributed by atoms with Crippen LogP contribution in [0.25, 0.3) is 0 Å². The van der Waals surface area contributed by atoms with E-state index in [1.807, 2.05) is 0 Å². The fourth-order valence-corrected chi connectivity index (χ4v) is 8.73. The number of rotatable bonds is 8. The Morgan fingerprint density at radius 3 is 1.00 bits per heavy atom. The van der Waals surface area contributed by atoms with Gasteiger partial charge in [0, 0.05) is 0 Å². The summed E-state index contributed by atoms with van der Waals surface area (Å²) in [5.41, 5.74) is 0. The first-order valence-electron chi connectivity index (χ1n) is 4.93. The lowest BCUT2D eigenvalue weighted by atomic mass is 10.6. The van der Waals surface area contributed by atoms with Crippen molar-refractivity contribution in [3.63, 3.8) is 0 Å². The molecule has 0 fully saturated rings. The third-order valence-corrected chi connectivity index (χ3v) is 11.7. The van der Waals surface area contributed by atoms with Gasteiger partial charge >= 0.3 is 12.0 Å². The molecule has 0 N–H and O–H groups in total. The maximum absolute atomic E-state index is 6.27. The SMILES string of the molecule is Cl[Si](Cl)(Cl)CCC[Si](Cl)(Cl)CCC[Si](Cl)(Cl)Cl. The first kappa shape index (κ1) is 20.0. The molecule has 0 unspecified atom stereocenters. The third-order valence-electron chi connectivity index (χ3n) is 2.01. The molecule has 0 atom stereocenters. The zero-order valence-corrected chi connectivity index (χ0v) is 17.8. The van der Waals surface area contributed by atoms with Gasteiger partial charge in [-0.2, -0.15) is 0 Å². The van der Waals surface area contributed by atoms with Crippen molar-refractivity contribution >= 4 is 107 Å². The zero-order valence-electron chi connectivity index (χ0n) is 8.77. The summed E-state index contributed by atoms with van der Waals surface area (Å²) in [6.07, 6.45) is 1.51. The van der Waals surface area contributed by atoms with E-state index in [9.17, 15) is 0 Å². The fourth-order valence-electron chi connectivity index (χ4n) is 1.22. The summed E-state index contributed by atoms with van der Waals surface area (Å²) in [4.78, 5) is 0. The Morgan fingerprint density at radius 1 is 0.471 bits per heavy atom. The topological polar surface area (TPSA) is 0 Å².